The SMILES string of the molecule is CCC[C@H](N)C(=O)N(CCC)C1COCC1C(=O)O. The molecule has 0 bridgehead atoms. The normalized spacial score (nSPS) is 24.2. The first-order valence-electron chi connectivity index (χ1n) is 6.89. The van der Waals surface area contributed by atoms with Gasteiger partial charge in [0.05, 0.1) is 25.3 Å². The Balaban J connectivity index is 2.81. The number of ether oxygens (including phenoxy) is 1. The van der Waals surface area contributed by atoms with Crippen LogP contribution in [0.5, 0.6) is 0 Å². The fourth-order valence-electron chi connectivity index (χ4n) is 2.41. The molecule has 3 N–H and O–H groups in total. The van der Waals surface area contributed by atoms with Crippen LogP contribution in [0.1, 0.15) is 33.1 Å². The summed E-state index contributed by atoms with van der Waals surface area (Å²) in [6, 6.07) is -0.945. The Hall–Kier alpha value is -1.14. The monoisotopic (exact) mass is 272 g/mol. The van der Waals surface area contributed by atoms with E-state index in [1.54, 1.807) is 4.90 Å². The molecule has 0 aliphatic carbocycles. The van der Waals surface area contributed by atoms with E-state index in [4.69, 9.17) is 10.5 Å². The van der Waals surface area contributed by atoms with Crippen molar-refractivity contribution in [3.63, 3.8) is 0 Å². The van der Waals surface area contributed by atoms with Gasteiger partial charge in [-0.15, -0.1) is 0 Å². The second-order valence-corrected chi connectivity index (χ2v) is 4.98. The molecule has 110 valence electrons. The Morgan fingerprint density at radius 2 is 2.05 bits per heavy atom. The standard InChI is InChI=1S/C13H24N2O4/c1-3-5-10(14)12(16)15(6-4-2)11-8-19-7-9(11)13(17)18/h9-11H,3-8,14H2,1-2H3,(H,17,18)/t9?,10-,11?/m0/s1. The summed E-state index contributed by atoms with van der Waals surface area (Å²) < 4.78 is 5.23. The lowest BCUT2D eigenvalue weighted by Crippen LogP contribution is -2.52. The Kier molecular flexibility index (Phi) is 6.24. The Bertz CT molecular complexity index is 322. The minimum absolute atomic E-state index is 0.162. The van der Waals surface area contributed by atoms with Gasteiger partial charge in [0.1, 0.15) is 5.92 Å². The van der Waals surface area contributed by atoms with Crippen LogP contribution >= 0.6 is 0 Å². The average Bonchev–Trinajstić information content (AvgIpc) is 2.84. The lowest BCUT2D eigenvalue weighted by molar-refractivity contribution is -0.145. The van der Waals surface area contributed by atoms with E-state index in [0.717, 1.165) is 12.8 Å². The molecule has 0 aromatic rings. The number of carbonyl (C=O) groups excluding carboxylic acids is 1. The number of hydrogen-bond donors (Lipinski definition) is 2. The summed E-state index contributed by atoms with van der Waals surface area (Å²) in [4.78, 5) is 25.1. The zero-order chi connectivity index (χ0) is 14.4. The van der Waals surface area contributed by atoms with Gasteiger partial charge in [-0.05, 0) is 12.8 Å². The van der Waals surface area contributed by atoms with Crippen molar-refractivity contribution in [2.24, 2.45) is 11.7 Å². The van der Waals surface area contributed by atoms with Gasteiger partial charge in [0.25, 0.3) is 0 Å². The lowest BCUT2D eigenvalue weighted by atomic mass is 10.0. The van der Waals surface area contributed by atoms with Crippen molar-refractivity contribution in [2.75, 3.05) is 19.8 Å². The van der Waals surface area contributed by atoms with Crippen molar-refractivity contribution in [3.8, 4) is 0 Å². The molecule has 1 amide bonds. The van der Waals surface area contributed by atoms with E-state index in [1.807, 2.05) is 13.8 Å². The van der Waals surface area contributed by atoms with Crippen molar-refractivity contribution in [1.82, 2.24) is 4.90 Å². The maximum Gasteiger partial charge on any atom is 0.311 e. The summed E-state index contributed by atoms with van der Waals surface area (Å²) in [5.74, 6) is -1.73. The van der Waals surface area contributed by atoms with Gasteiger partial charge in [0.2, 0.25) is 5.91 Å². The smallest absolute Gasteiger partial charge is 0.311 e. The van der Waals surface area contributed by atoms with Crippen LogP contribution < -0.4 is 5.73 Å². The predicted molar refractivity (Wildman–Crippen MR) is 70.6 cm³/mol. The first-order valence-corrected chi connectivity index (χ1v) is 6.89. The van der Waals surface area contributed by atoms with Gasteiger partial charge in [-0.3, -0.25) is 9.59 Å². The molecular formula is C13H24N2O4. The maximum atomic E-state index is 12.3. The number of carboxylic acids is 1. The van der Waals surface area contributed by atoms with E-state index in [-0.39, 0.29) is 19.1 Å². The van der Waals surface area contributed by atoms with Crippen molar-refractivity contribution in [3.05, 3.63) is 0 Å². The minimum atomic E-state index is -0.916. The summed E-state index contributed by atoms with van der Waals surface area (Å²) in [6.45, 7) is 4.89. The van der Waals surface area contributed by atoms with Crippen LogP contribution in [0.3, 0.4) is 0 Å². The molecule has 6 nitrogen and oxygen atoms in total. The highest BCUT2D eigenvalue weighted by Crippen LogP contribution is 2.21. The fraction of sp³-hybridized carbons (Fsp3) is 0.846. The topological polar surface area (TPSA) is 92.9 Å². The zero-order valence-electron chi connectivity index (χ0n) is 11.7. The third-order valence-electron chi connectivity index (χ3n) is 3.43. The van der Waals surface area contributed by atoms with Crippen LogP contribution in [0, 0.1) is 5.92 Å². The molecule has 1 heterocycles. The average molecular weight is 272 g/mol. The molecule has 1 saturated heterocycles. The molecule has 0 radical (unpaired) electrons. The summed E-state index contributed by atoms with van der Waals surface area (Å²) in [6.07, 6.45) is 2.22. The molecule has 0 aromatic carbocycles. The lowest BCUT2D eigenvalue weighted by Gasteiger charge is -2.32. The summed E-state index contributed by atoms with van der Waals surface area (Å²) >= 11 is 0. The molecule has 2 unspecified atom stereocenters. The van der Waals surface area contributed by atoms with E-state index in [9.17, 15) is 14.7 Å². The molecule has 6 heteroatoms. The highest BCUT2D eigenvalue weighted by molar-refractivity contribution is 5.83. The van der Waals surface area contributed by atoms with Crippen LogP contribution in [0.4, 0.5) is 0 Å². The highest BCUT2D eigenvalue weighted by Gasteiger charge is 2.40. The fourth-order valence-corrected chi connectivity index (χ4v) is 2.41. The van der Waals surface area contributed by atoms with Gasteiger partial charge in [-0.2, -0.15) is 0 Å². The first kappa shape index (κ1) is 15.9. The number of nitrogens with zero attached hydrogens (tertiary/aromatic N) is 1. The summed E-state index contributed by atoms with van der Waals surface area (Å²) in [5, 5.41) is 9.18. The van der Waals surface area contributed by atoms with Crippen LogP contribution in [-0.2, 0) is 14.3 Å². The molecule has 1 rings (SSSR count). The Labute approximate surface area is 113 Å². The molecule has 19 heavy (non-hydrogen) atoms. The zero-order valence-corrected chi connectivity index (χ0v) is 11.7. The van der Waals surface area contributed by atoms with Crippen molar-refractivity contribution in [2.45, 2.75) is 45.2 Å². The molecule has 3 atom stereocenters. The third-order valence-corrected chi connectivity index (χ3v) is 3.43. The number of aliphatic carboxylic acids is 1. The molecule has 0 aromatic heterocycles. The number of hydrogen-bond acceptors (Lipinski definition) is 4. The number of carboxylic acid groups (broad SMARTS) is 1. The molecule has 0 spiro atoms. The van der Waals surface area contributed by atoms with Gasteiger partial charge in [-0.1, -0.05) is 20.3 Å². The molecule has 0 saturated carbocycles. The van der Waals surface area contributed by atoms with Gasteiger partial charge >= 0.3 is 5.97 Å². The number of nitrogens with two attached hydrogens (primary N) is 1. The molecule has 1 aliphatic rings. The van der Waals surface area contributed by atoms with Crippen LogP contribution in [0.2, 0.25) is 0 Å². The van der Waals surface area contributed by atoms with Gasteiger partial charge in [0, 0.05) is 6.54 Å². The van der Waals surface area contributed by atoms with Crippen molar-refractivity contribution < 1.29 is 19.4 Å². The second kappa shape index (κ2) is 7.45. The molecule has 1 fully saturated rings. The quantitative estimate of drug-likeness (QED) is 0.702. The van der Waals surface area contributed by atoms with Crippen LogP contribution in [-0.4, -0.2) is 53.7 Å². The van der Waals surface area contributed by atoms with Crippen LogP contribution in [0.15, 0.2) is 0 Å². The predicted octanol–water partition coefficient (Wildman–Crippen LogP) is 0.452. The Morgan fingerprint density at radius 1 is 1.37 bits per heavy atom. The van der Waals surface area contributed by atoms with Crippen LogP contribution in [0.25, 0.3) is 0 Å². The van der Waals surface area contributed by atoms with Gasteiger partial charge in [-0.25, -0.2) is 0 Å². The van der Waals surface area contributed by atoms with Gasteiger partial charge < -0.3 is 20.5 Å². The largest absolute Gasteiger partial charge is 0.481 e. The number of carbonyl (C=O) groups is 2. The van der Waals surface area contributed by atoms with Gasteiger partial charge in [0.15, 0.2) is 0 Å². The minimum Gasteiger partial charge on any atom is -0.481 e. The first-order chi connectivity index (χ1) is 9.02. The second-order valence-electron chi connectivity index (χ2n) is 4.98. The highest BCUT2D eigenvalue weighted by atomic mass is 16.5. The van der Waals surface area contributed by atoms with E-state index in [1.165, 1.54) is 0 Å². The van der Waals surface area contributed by atoms with E-state index >= 15 is 0 Å². The summed E-state index contributed by atoms with van der Waals surface area (Å²) in [7, 11) is 0. The molecular weight excluding hydrogens is 248 g/mol. The van der Waals surface area contributed by atoms with E-state index in [2.05, 4.69) is 0 Å². The Morgan fingerprint density at radius 3 is 2.58 bits per heavy atom. The number of amides is 1. The number of rotatable bonds is 7. The third kappa shape index (κ3) is 3.91. The maximum absolute atomic E-state index is 12.3. The summed E-state index contributed by atoms with van der Waals surface area (Å²) in [5.41, 5.74) is 5.87. The van der Waals surface area contributed by atoms with Crippen molar-refractivity contribution >= 4 is 11.9 Å². The molecule has 1 aliphatic heterocycles. The van der Waals surface area contributed by atoms with E-state index in [0.29, 0.717) is 13.0 Å². The van der Waals surface area contributed by atoms with E-state index < -0.39 is 24.0 Å². The van der Waals surface area contributed by atoms with Crippen molar-refractivity contribution in [1.29, 1.82) is 0 Å².